The number of hydrogen-bond acceptors (Lipinski definition) is 4. The molecule has 0 spiro atoms. The summed E-state index contributed by atoms with van der Waals surface area (Å²) in [7, 11) is 0. The number of hydrogen-bond donors (Lipinski definition) is 0. The Balaban J connectivity index is 2.21. The summed E-state index contributed by atoms with van der Waals surface area (Å²) < 4.78 is 10.1. The first-order valence-electron chi connectivity index (χ1n) is 5.31. The van der Waals surface area contributed by atoms with Gasteiger partial charge in [-0.3, -0.25) is 14.5 Å². The minimum absolute atomic E-state index is 0.0591. The average Bonchev–Trinajstić information content (AvgIpc) is 2.33. The molecule has 1 amide bonds. The minimum Gasteiger partial charge on any atom is -0.482 e. The molecule has 0 saturated heterocycles. The zero-order chi connectivity index (χ0) is 12.3. The molecular formula is C12H12NO4. The highest BCUT2D eigenvalue weighted by atomic mass is 16.5. The van der Waals surface area contributed by atoms with Crippen molar-refractivity contribution in [3.8, 4) is 5.75 Å². The van der Waals surface area contributed by atoms with Crippen LogP contribution >= 0.6 is 0 Å². The molecule has 1 heterocycles. The Morgan fingerprint density at radius 3 is 3.24 bits per heavy atom. The summed E-state index contributed by atoms with van der Waals surface area (Å²) >= 11 is 0. The number of carbonyl (C=O) groups excluding carboxylic acids is 2. The maximum absolute atomic E-state index is 11.7. The van der Waals surface area contributed by atoms with Crippen molar-refractivity contribution in [2.24, 2.45) is 0 Å². The van der Waals surface area contributed by atoms with Crippen molar-refractivity contribution in [3.05, 3.63) is 24.3 Å². The number of nitrogens with zero attached hydrogens (tertiary/aromatic N) is 1. The molecular weight excluding hydrogens is 222 g/mol. The molecule has 0 bridgehead atoms. The maximum atomic E-state index is 11.7. The van der Waals surface area contributed by atoms with Gasteiger partial charge in [-0.2, -0.15) is 0 Å². The van der Waals surface area contributed by atoms with E-state index >= 15 is 0 Å². The largest absolute Gasteiger partial charge is 0.482 e. The van der Waals surface area contributed by atoms with Gasteiger partial charge in [-0.1, -0.05) is 6.07 Å². The highest BCUT2D eigenvalue weighted by Crippen LogP contribution is 2.30. The zero-order valence-corrected chi connectivity index (χ0v) is 9.43. The zero-order valence-electron chi connectivity index (χ0n) is 9.43. The summed E-state index contributed by atoms with van der Waals surface area (Å²) in [6.45, 7) is 1.86. The van der Waals surface area contributed by atoms with Crippen molar-refractivity contribution >= 4 is 17.6 Å². The van der Waals surface area contributed by atoms with Crippen molar-refractivity contribution in [2.75, 3.05) is 24.7 Å². The first kappa shape index (κ1) is 11.4. The van der Waals surface area contributed by atoms with Crippen LogP contribution in [0.2, 0.25) is 0 Å². The first-order chi connectivity index (χ1) is 8.22. The molecule has 5 nitrogen and oxygen atoms in total. The van der Waals surface area contributed by atoms with E-state index in [1.54, 1.807) is 25.1 Å². The second-order valence-electron chi connectivity index (χ2n) is 3.47. The Hall–Kier alpha value is -2.04. The minimum atomic E-state index is -0.433. The maximum Gasteiger partial charge on any atom is 0.326 e. The normalized spacial score (nSPS) is 13.9. The van der Waals surface area contributed by atoms with Crippen molar-refractivity contribution in [1.82, 2.24) is 0 Å². The molecule has 1 aliphatic rings. The van der Waals surface area contributed by atoms with Crippen LogP contribution < -0.4 is 9.64 Å². The summed E-state index contributed by atoms with van der Waals surface area (Å²) in [5.74, 6) is -0.115. The van der Waals surface area contributed by atoms with Crippen LogP contribution in [0.25, 0.3) is 0 Å². The van der Waals surface area contributed by atoms with E-state index < -0.39 is 5.97 Å². The molecule has 0 saturated carbocycles. The van der Waals surface area contributed by atoms with Gasteiger partial charge in [-0.15, -0.1) is 0 Å². The number of carbonyl (C=O) groups is 2. The second kappa shape index (κ2) is 4.86. The quantitative estimate of drug-likeness (QED) is 0.725. The highest BCUT2D eigenvalue weighted by molar-refractivity contribution is 6.01. The fourth-order valence-corrected chi connectivity index (χ4v) is 1.60. The topological polar surface area (TPSA) is 55.8 Å². The molecule has 5 heteroatoms. The van der Waals surface area contributed by atoms with Crippen molar-refractivity contribution in [2.45, 2.75) is 6.92 Å². The van der Waals surface area contributed by atoms with Crippen LogP contribution in [-0.4, -0.2) is 31.6 Å². The summed E-state index contributed by atoms with van der Waals surface area (Å²) in [5, 5.41) is 0. The molecule has 0 atom stereocenters. The smallest absolute Gasteiger partial charge is 0.326 e. The second-order valence-corrected chi connectivity index (χ2v) is 3.47. The summed E-state index contributed by atoms with van der Waals surface area (Å²) in [6, 6.07) is 7.87. The van der Waals surface area contributed by atoms with Gasteiger partial charge < -0.3 is 9.47 Å². The van der Waals surface area contributed by atoms with Crippen molar-refractivity contribution in [3.63, 3.8) is 0 Å². The van der Waals surface area contributed by atoms with Crippen LogP contribution in [0.15, 0.2) is 18.2 Å². The van der Waals surface area contributed by atoms with Gasteiger partial charge in [0.25, 0.3) is 5.91 Å². The lowest BCUT2D eigenvalue weighted by Gasteiger charge is -2.28. The van der Waals surface area contributed by atoms with Gasteiger partial charge in [0.05, 0.1) is 12.3 Å². The lowest BCUT2D eigenvalue weighted by Crippen LogP contribution is -2.42. The number of fused-ring (bicyclic) bond motifs is 1. The van der Waals surface area contributed by atoms with E-state index in [-0.39, 0.29) is 19.1 Å². The predicted octanol–water partition coefficient (Wildman–Crippen LogP) is 0.775. The van der Waals surface area contributed by atoms with E-state index in [2.05, 4.69) is 6.07 Å². The number of rotatable bonds is 3. The Morgan fingerprint density at radius 1 is 1.65 bits per heavy atom. The molecule has 17 heavy (non-hydrogen) atoms. The van der Waals surface area contributed by atoms with E-state index in [1.165, 1.54) is 4.90 Å². The molecule has 1 aliphatic heterocycles. The fourth-order valence-electron chi connectivity index (χ4n) is 1.60. The fraction of sp³-hybridized carbons (Fsp3) is 0.333. The Bertz CT molecular complexity index is 444. The number of esters is 1. The molecule has 1 aromatic rings. The average molecular weight is 234 g/mol. The van der Waals surface area contributed by atoms with Crippen LogP contribution in [0, 0.1) is 6.07 Å². The van der Waals surface area contributed by atoms with Gasteiger partial charge in [0.15, 0.2) is 6.61 Å². The van der Waals surface area contributed by atoms with Crippen molar-refractivity contribution in [1.29, 1.82) is 0 Å². The van der Waals surface area contributed by atoms with Crippen LogP contribution in [0.4, 0.5) is 5.69 Å². The molecule has 1 aromatic carbocycles. The summed E-state index contributed by atoms with van der Waals surface area (Å²) in [6.07, 6.45) is 0. The highest BCUT2D eigenvalue weighted by Gasteiger charge is 2.27. The molecule has 0 fully saturated rings. The van der Waals surface area contributed by atoms with Crippen LogP contribution in [0.3, 0.4) is 0 Å². The molecule has 0 aromatic heterocycles. The van der Waals surface area contributed by atoms with Crippen LogP contribution in [0.1, 0.15) is 6.92 Å². The van der Waals surface area contributed by atoms with Crippen molar-refractivity contribution < 1.29 is 19.1 Å². The standard InChI is InChI=1S/C12H12NO4/c1-2-16-12(15)7-13-9-5-3-4-6-10(9)17-8-11(13)14/h4-6H,2,7-8H2,1H3. The van der Waals surface area contributed by atoms with E-state index in [0.29, 0.717) is 18.0 Å². The Kier molecular flexibility index (Phi) is 3.27. The number of ether oxygens (including phenoxy) is 2. The third kappa shape index (κ3) is 2.38. The van der Waals surface area contributed by atoms with Gasteiger partial charge in [0.1, 0.15) is 12.3 Å². The molecule has 1 radical (unpaired) electrons. The van der Waals surface area contributed by atoms with E-state index in [9.17, 15) is 9.59 Å². The lowest BCUT2D eigenvalue weighted by molar-refractivity contribution is -0.142. The molecule has 89 valence electrons. The monoisotopic (exact) mass is 234 g/mol. The lowest BCUT2D eigenvalue weighted by atomic mass is 10.2. The van der Waals surface area contributed by atoms with Gasteiger partial charge in [0, 0.05) is 0 Å². The number of anilines is 1. The number of benzene rings is 1. The van der Waals surface area contributed by atoms with Gasteiger partial charge >= 0.3 is 5.97 Å². The third-order valence-corrected chi connectivity index (χ3v) is 2.34. The van der Waals surface area contributed by atoms with Gasteiger partial charge in [-0.25, -0.2) is 0 Å². The SMILES string of the molecule is CCOC(=O)CN1C(=O)COc2cc[c]cc21. The van der Waals surface area contributed by atoms with E-state index in [0.717, 1.165) is 0 Å². The molecule has 0 aliphatic carbocycles. The summed E-state index contributed by atoms with van der Waals surface area (Å²) in [5.41, 5.74) is 0.553. The van der Waals surface area contributed by atoms with Gasteiger partial charge in [0.2, 0.25) is 0 Å². The first-order valence-corrected chi connectivity index (χ1v) is 5.31. The Morgan fingerprint density at radius 2 is 2.47 bits per heavy atom. The van der Waals surface area contributed by atoms with Crippen LogP contribution in [0.5, 0.6) is 5.75 Å². The van der Waals surface area contributed by atoms with E-state index in [4.69, 9.17) is 9.47 Å². The molecule has 0 N–H and O–H groups in total. The molecule has 2 rings (SSSR count). The predicted molar refractivity (Wildman–Crippen MR) is 59.8 cm³/mol. The van der Waals surface area contributed by atoms with E-state index in [1.807, 2.05) is 0 Å². The van der Waals surface area contributed by atoms with Crippen LogP contribution in [-0.2, 0) is 14.3 Å². The Labute approximate surface area is 98.9 Å². The summed E-state index contributed by atoms with van der Waals surface area (Å²) in [4.78, 5) is 24.4. The number of amides is 1. The molecule has 0 unspecified atom stereocenters. The third-order valence-electron chi connectivity index (χ3n) is 2.34. The van der Waals surface area contributed by atoms with Gasteiger partial charge in [-0.05, 0) is 25.1 Å².